The molecule has 0 radical (unpaired) electrons. The SMILES string of the molecule is O=C(/C=C/c1cccs1)Nc1ccc(Cl)c(-c2nnc3n2CCCCC3)c1. The van der Waals surface area contributed by atoms with Gasteiger partial charge in [-0.3, -0.25) is 4.79 Å². The first-order valence-electron chi connectivity index (χ1n) is 8.95. The Hall–Kier alpha value is -2.44. The Balaban J connectivity index is 1.57. The van der Waals surface area contributed by atoms with Crippen LogP contribution in [-0.4, -0.2) is 20.7 Å². The minimum Gasteiger partial charge on any atom is -0.322 e. The molecule has 3 heterocycles. The fraction of sp³-hybridized carbons (Fsp3) is 0.250. The summed E-state index contributed by atoms with van der Waals surface area (Å²) in [7, 11) is 0. The van der Waals surface area contributed by atoms with Gasteiger partial charge in [-0.05, 0) is 48.6 Å². The lowest BCUT2D eigenvalue weighted by Gasteiger charge is -2.10. The van der Waals surface area contributed by atoms with Gasteiger partial charge in [-0.25, -0.2) is 0 Å². The Morgan fingerprint density at radius 3 is 3.00 bits per heavy atom. The molecule has 0 saturated heterocycles. The average molecular weight is 399 g/mol. The number of fused-ring (bicyclic) bond motifs is 1. The Labute approximate surface area is 166 Å². The van der Waals surface area contributed by atoms with Gasteiger partial charge < -0.3 is 9.88 Å². The molecule has 1 amide bonds. The molecular weight excluding hydrogens is 380 g/mol. The van der Waals surface area contributed by atoms with E-state index in [0.717, 1.165) is 47.9 Å². The molecule has 2 aromatic heterocycles. The maximum absolute atomic E-state index is 12.2. The number of anilines is 1. The van der Waals surface area contributed by atoms with Crippen LogP contribution in [0.3, 0.4) is 0 Å². The zero-order valence-corrected chi connectivity index (χ0v) is 16.3. The summed E-state index contributed by atoms with van der Waals surface area (Å²) in [6.07, 6.45) is 7.72. The first kappa shape index (κ1) is 17.9. The van der Waals surface area contributed by atoms with E-state index < -0.39 is 0 Å². The molecular formula is C20H19ClN4OS. The summed E-state index contributed by atoms with van der Waals surface area (Å²) in [6.45, 7) is 0.897. The van der Waals surface area contributed by atoms with Crippen molar-refractivity contribution in [1.29, 1.82) is 0 Å². The Morgan fingerprint density at radius 2 is 2.15 bits per heavy atom. The monoisotopic (exact) mass is 398 g/mol. The van der Waals surface area contributed by atoms with Gasteiger partial charge in [0.15, 0.2) is 5.82 Å². The van der Waals surface area contributed by atoms with Crippen LogP contribution in [0.4, 0.5) is 5.69 Å². The van der Waals surface area contributed by atoms with Crippen LogP contribution in [0, 0.1) is 0 Å². The van der Waals surface area contributed by atoms with Crippen molar-refractivity contribution in [3.63, 3.8) is 0 Å². The maximum atomic E-state index is 12.2. The number of nitrogens with one attached hydrogen (secondary N) is 1. The molecule has 0 unspecified atom stereocenters. The fourth-order valence-electron chi connectivity index (χ4n) is 3.19. The van der Waals surface area contributed by atoms with Crippen LogP contribution in [0.5, 0.6) is 0 Å². The van der Waals surface area contributed by atoms with E-state index in [4.69, 9.17) is 11.6 Å². The number of hydrogen-bond donors (Lipinski definition) is 1. The molecule has 7 heteroatoms. The van der Waals surface area contributed by atoms with Gasteiger partial charge in [-0.2, -0.15) is 0 Å². The molecule has 1 aromatic carbocycles. The second-order valence-corrected chi connectivity index (χ2v) is 7.82. The van der Waals surface area contributed by atoms with E-state index in [0.29, 0.717) is 10.7 Å². The van der Waals surface area contributed by atoms with Crippen molar-refractivity contribution in [2.24, 2.45) is 0 Å². The summed E-state index contributed by atoms with van der Waals surface area (Å²) >= 11 is 8.02. The molecule has 4 rings (SSSR count). The van der Waals surface area contributed by atoms with Gasteiger partial charge in [0, 0.05) is 35.2 Å². The van der Waals surface area contributed by atoms with Gasteiger partial charge in [0.2, 0.25) is 5.91 Å². The van der Waals surface area contributed by atoms with Gasteiger partial charge in [-0.1, -0.05) is 24.1 Å². The number of nitrogens with zero attached hydrogens (tertiary/aromatic N) is 3. The van der Waals surface area contributed by atoms with Crippen LogP contribution >= 0.6 is 22.9 Å². The van der Waals surface area contributed by atoms with Gasteiger partial charge in [0.1, 0.15) is 5.82 Å². The number of benzene rings is 1. The standard InChI is InChI=1S/C20H19ClN4OS/c21-17-9-7-14(22-19(26)10-8-15-5-4-12-27-15)13-16(17)20-24-23-18-6-2-1-3-11-25(18)20/h4-5,7-10,12-13H,1-3,6,11H2,(H,22,26)/b10-8+. The highest BCUT2D eigenvalue weighted by molar-refractivity contribution is 7.10. The van der Waals surface area contributed by atoms with E-state index in [2.05, 4.69) is 20.1 Å². The number of aryl methyl sites for hydroxylation is 1. The van der Waals surface area contributed by atoms with Crippen molar-refractivity contribution in [2.45, 2.75) is 32.2 Å². The Morgan fingerprint density at radius 1 is 1.22 bits per heavy atom. The number of carbonyl (C=O) groups excluding carboxylic acids is 1. The number of amides is 1. The summed E-state index contributed by atoms with van der Waals surface area (Å²) in [4.78, 5) is 13.2. The van der Waals surface area contributed by atoms with Crippen molar-refractivity contribution in [3.8, 4) is 11.4 Å². The predicted molar refractivity (Wildman–Crippen MR) is 110 cm³/mol. The maximum Gasteiger partial charge on any atom is 0.248 e. The Bertz CT molecular complexity index is 978. The molecule has 3 aromatic rings. The van der Waals surface area contributed by atoms with Crippen LogP contribution in [0.15, 0.2) is 41.8 Å². The number of hydrogen-bond acceptors (Lipinski definition) is 4. The van der Waals surface area contributed by atoms with Crippen LogP contribution in [0.1, 0.15) is 30.0 Å². The Kier molecular flexibility index (Phi) is 5.36. The van der Waals surface area contributed by atoms with Crippen molar-refractivity contribution in [3.05, 3.63) is 57.5 Å². The van der Waals surface area contributed by atoms with Gasteiger partial charge in [0.05, 0.1) is 5.02 Å². The smallest absolute Gasteiger partial charge is 0.248 e. The zero-order chi connectivity index (χ0) is 18.6. The molecule has 1 aliphatic rings. The van der Waals surface area contributed by atoms with Gasteiger partial charge >= 0.3 is 0 Å². The lowest BCUT2D eigenvalue weighted by molar-refractivity contribution is -0.111. The third-order valence-electron chi connectivity index (χ3n) is 4.53. The second-order valence-electron chi connectivity index (χ2n) is 6.43. The number of aromatic nitrogens is 3. The normalized spacial score (nSPS) is 14.1. The summed E-state index contributed by atoms with van der Waals surface area (Å²) in [5.74, 6) is 1.59. The molecule has 5 nitrogen and oxygen atoms in total. The van der Waals surface area contributed by atoms with Crippen molar-refractivity contribution >= 4 is 40.6 Å². The topological polar surface area (TPSA) is 59.8 Å². The fourth-order valence-corrected chi connectivity index (χ4v) is 4.01. The summed E-state index contributed by atoms with van der Waals surface area (Å²) in [6, 6.07) is 9.36. The van der Waals surface area contributed by atoms with Crippen LogP contribution < -0.4 is 5.32 Å². The van der Waals surface area contributed by atoms with Gasteiger partial charge in [0.25, 0.3) is 0 Å². The second kappa shape index (κ2) is 8.06. The highest BCUT2D eigenvalue weighted by Crippen LogP contribution is 2.31. The molecule has 0 atom stereocenters. The molecule has 0 saturated carbocycles. The molecule has 0 aliphatic carbocycles. The van der Waals surface area contributed by atoms with E-state index >= 15 is 0 Å². The quantitative estimate of drug-likeness (QED) is 0.626. The predicted octanol–water partition coefficient (Wildman–Crippen LogP) is 5.04. The number of halogens is 1. The van der Waals surface area contributed by atoms with Crippen molar-refractivity contribution in [2.75, 3.05) is 5.32 Å². The third-order valence-corrected chi connectivity index (χ3v) is 5.69. The van der Waals surface area contributed by atoms with E-state index in [1.54, 1.807) is 29.5 Å². The van der Waals surface area contributed by atoms with E-state index in [-0.39, 0.29) is 5.91 Å². The van der Waals surface area contributed by atoms with Gasteiger partial charge in [-0.15, -0.1) is 21.5 Å². The van der Waals surface area contributed by atoms with Crippen LogP contribution in [-0.2, 0) is 17.8 Å². The third kappa shape index (κ3) is 4.12. The van der Waals surface area contributed by atoms with Crippen LogP contribution in [0.25, 0.3) is 17.5 Å². The highest BCUT2D eigenvalue weighted by Gasteiger charge is 2.18. The lowest BCUT2D eigenvalue weighted by Crippen LogP contribution is -2.08. The molecule has 0 fully saturated rings. The molecule has 1 N–H and O–H groups in total. The number of thiophene rings is 1. The first-order valence-corrected chi connectivity index (χ1v) is 10.2. The van der Waals surface area contributed by atoms with Crippen LogP contribution in [0.2, 0.25) is 5.02 Å². The molecule has 0 bridgehead atoms. The summed E-state index contributed by atoms with van der Waals surface area (Å²) in [5, 5.41) is 14.2. The number of carbonyl (C=O) groups is 1. The molecule has 0 spiro atoms. The van der Waals surface area contributed by atoms with E-state index in [1.165, 1.54) is 12.5 Å². The summed E-state index contributed by atoms with van der Waals surface area (Å²) < 4.78 is 2.15. The highest BCUT2D eigenvalue weighted by atomic mass is 35.5. The zero-order valence-electron chi connectivity index (χ0n) is 14.7. The largest absolute Gasteiger partial charge is 0.322 e. The lowest BCUT2D eigenvalue weighted by atomic mass is 10.1. The summed E-state index contributed by atoms with van der Waals surface area (Å²) in [5.41, 5.74) is 1.47. The minimum absolute atomic E-state index is 0.184. The van der Waals surface area contributed by atoms with E-state index in [9.17, 15) is 4.79 Å². The van der Waals surface area contributed by atoms with E-state index in [1.807, 2.05) is 23.6 Å². The number of rotatable bonds is 4. The molecule has 138 valence electrons. The molecule has 1 aliphatic heterocycles. The first-order chi connectivity index (χ1) is 13.2. The van der Waals surface area contributed by atoms with Crippen molar-refractivity contribution in [1.82, 2.24) is 14.8 Å². The van der Waals surface area contributed by atoms with Crippen molar-refractivity contribution < 1.29 is 4.79 Å². The molecule has 27 heavy (non-hydrogen) atoms. The minimum atomic E-state index is -0.184. The average Bonchev–Trinajstić information content (AvgIpc) is 3.27.